The number of carbonyl (C=O) groups is 1. The number of pyridine rings is 1. The fraction of sp³-hybridized carbons (Fsp3) is 0. The highest BCUT2D eigenvalue weighted by atomic mass is 16.1. The number of nitrogens with zero attached hydrogens (tertiary/aromatic N) is 2. The number of rotatable bonds is 1. The van der Waals surface area contributed by atoms with Gasteiger partial charge in [-0.15, -0.1) is 0 Å². The highest BCUT2D eigenvalue weighted by Gasteiger charge is 1.99. The summed E-state index contributed by atoms with van der Waals surface area (Å²) in [6.45, 7) is 0. The van der Waals surface area contributed by atoms with Gasteiger partial charge < -0.3 is 0 Å². The minimum Gasteiger partial charge on any atom is -0.298 e. The molecule has 0 radical (unpaired) electrons. The van der Waals surface area contributed by atoms with E-state index in [1.54, 1.807) is 12.4 Å². The molecular formula is C7H5N3O. The second-order valence-corrected chi connectivity index (χ2v) is 2.18. The van der Waals surface area contributed by atoms with E-state index >= 15 is 0 Å². The Kier molecular flexibility index (Phi) is 1.18. The van der Waals surface area contributed by atoms with Gasteiger partial charge in [-0.1, -0.05) is 0 Å². The molecule has 0 aromatic carbocycles. The number of carbonyl (C=O) groups excluding carboxylic acids is 1. The Hall–Kier alpha value is -1.71. The Balaban J connectivity index is 2.88. The SMILES string of the molecule is O=Cc1cncc2[nH]ncc12. The van der Waals surface area contributed by atoms with Crippen LogP contribution in [0.2, 0.25) is 0 Å². The van der Waals surface area contributed by atoms with E-state index in [4.69, 9.17) is 0 Å². The summed E-state index contributed by atoms with van der Waals surface area (Å²) in [5, 5.41) is 7.32. The third kappa shape index (κ3) is 0.797. The van der Waals surface area contributed by atoms with Gasteiger partial charge in [0, 0.05) is 17.1 Å². The average Bonchev–Trinajstić information content (AvgIpc) is 2.50. The Morgan fingerprint density at radius 2 is 2.27 bits per heavy atom. The number of H-pyrrole nitrogens is 1. The van der Waals surface area contributed by atoms with Crippen molar-refractivity contribution in [1.82, 2.24) is 15.2 Å². The maximum atomic E-state index is 10.4. The van der Waals surface area contributed by atoms with E-state index in [9.17, 15) is 4.79 Å². The minimum absolute atomic E-state index is 0.566. The highest BCUT2D eigenvalue weighted by Crippen LogP contribution is 2.11. The van der Waals surface area contributed by atoms with Crippen LogP contribution in [-0.4, -0.2) is 21.5 Å². The average molecular weight is 147 g/mol. The molecule has 0 unspecified atom stereocenters. The molecule has 0 saturated heterocycles. The van der Waals surface area contributed by atoms with Crippen LogP contribution in [0.3, 0.4) is 0 Å². The summed E-state index contributed by atoms with van der Waals surface area (Å²) in [6, 6.07) is 0. The number of aromatic amines is 1. The van der Waals surface area contributed by atoms with Gasteiger partial charge in [0.2, 0.25) is 0 Å². The molecule has 0 saturated carbocycles. The monoisotopic (exact) mass is 147 g/mol. The first-order chi connectivity index (χ1) is 5.42. The molecule has 0 fully saturated rings. The lowest BCUT2D eigenvalue weighted by Crippen LogP contribution is -1.82. The quantitative estimate of drug-likeness (QED) is 0.606. The van der Waals surface area contributed by atoms with Gasteiger partial charge >= 0.3 is 0 Å². The van der Waals surface area contributed by atoms with Crippen molar-refractivity contribution in [1.29, 1.82) is 0 Å². The third-order valence-electron chi connectivity index (χ3n) is 1.52. The van der Waals surface area contributed by atoms with Crippen molar-refractivity contribution < 1.29 is 4.79 Å². The summed E-state index contributed by atoms with van der Waals surface area (Å²) in [4.78, 5) is 14.3. The van der Waals surface area contributed by atoms with Gasteiger partial charge in [0.25, 0.3) is 0 Å². The van der Waals surface area contributed by atoms with Gasteiger partial charge in [-0.05, 0) is 0 Å². The molecule has 0 aliphatic heterocycles. The number of nitrogens with one attached hydrogen (secondary N) is 1. The van der Waals surface area contributed by atoms with Gasteiger partial charge in [0.1, 0.15) is 0 Å². The Bertz CT molecular complexity index is 393. The summed E-state index contributed by atoms with van der Waals surface area (Å²) in [5.41, 5.74) is 1.35. The molecule has 0 bridgehead atoms. The molecular weight excluding hydrogens is 142 g/mol. The molecule has 2 aromatic rings. The van der Waals surface area contributed by atoms with Gasteiger partial charge in [-0.25, -0.2) is 0 Å². The first-order valence-electron chi connectivity index (χ1n) is 3.14. The summed E-state index contributed by atoms with van der Waals surface area (Å²) in [7, 11) is 0. The van der Waals surface area contributed by atoms with Crippen LogP contribution >= 0.6 is 0 Å². The lowest BCUT2D eigenvalue weighted by molar-refractivity contribution is 0.112. The largest absolute Gasteiger partial charge is 0.298 e. The van der Waals surface area contributed by atoms with Crippen molar-refractivity contribution in [3.63, 3.8) is 0 Å². The van der Waals surface area contributed by atoms with Crippen molar-refractivity contribution in [2.24, 2.45) is 0 Å². The van der Waals surface area contributed by atoms with Crippen LogP contribution in [-0.2, 0) is 0 Å². The van der Waals surface area contributed by atoms with Crippen molar-refractivity contribution in [3.8, 4) is 0 Å². The van der Waals surface area contributed by atoms with Gasteiger partial charge in [0.15, 0.2) is 6.29 Å². The number of hydrogen-bond acceptors (Lipinski definition) is 3. The van der Waals surface area contributed by atoms with E-state index in [2.05, 4.69) is 15.2 Å². The summed E-state index contributed by atoms with van der Waals surface area (Å²) in [6.07, 6.45) is 5.53. The van der Waals surface area contributed by atoms with Crippen LogP contribution in [0, 0.1) is 0 Å². The maximum Gasteiger partial charge on any atom is 0.152 e. The predicted octanol–water partition coefficient (Wildman–Crippen LogP) is 0.770. The summed E-state index contributed by atoms with van der Waals surface area (Å²) >= 11 is 0. The van der Waals surface area contributed by atoms with Crippen LogP contribution < -0.4 is 0 Å². The van der Waals surface area contributed by atoms with E-state index in [0.29, 0.717) is 5.56 Å². The summed E-state index contributed by atoms with van der Waals surface area (Å²) in [5.74, 6) is 0. The van der Waals surface area contributed by atoms with Gasteiger partial charge in [-0.2, -0.15) is 5.10 Å². The van der Waals surface area contributed by atoms with Crippen LogP contribution in [0.4, 0.5) is 0 Å². The zero-order valence-electron chi connectivity index (χ0n) is 5.61. The lowest BCUT2D eigenvalue weighted by atomic mass is 10.2. The second-order valence-electron chi connectivity index (χ2n) is 2.18. The van der Waals surface area contributed by atoms with Crippen LogP contribution in [0.1, 0.15) is 10.4 Å². The molecule has 0 aliphatic carbocycles. The third-order valence-corrected chi connectivity index (χ3v) is 1.52. The fourth-order valence-corrected chi connectivity index (χ4v) is 0.980. The molecule has 2 heterocycles. The van der Waals surface area contributed by atoms with Crippen LogP contribution in [0.15, 0.2) is 18.6 Å². The maximum absolute atomic E-state index is 10.4. The van der Waals surface area contributed by atoms with Gasteiger partial charge in [-0.3, -0.25) is 14.9 Å². The number of hydrogen-bond donors (Lipinski definition) is 1. The summed E-state index contributed by atoms with van der Waals surface area (Å²) < 4.78 is 0. The number of aromatic nitrogens is 3. The molecule has 2 aromatic heterocycles. The number of fused-ring (bicyclic) bond motifs is 1. The van der Waals surface area contributed by atoms with Crippen LogP contribution in [0.25, 0.3) is 10.9 Å². The molecule has 0 atom stereocenters. The molecule has 4 nitrogen and oxygen atoms in total. The molecule has 0 amide bonds. The van der Waals surface area contributed by atoms with E-state index in [0.717, 1.165) is 17.2 Å². The standard InChI is InChI=1S/C7H5N3O/c11-4-5-1-8-3-7-6(5)2-9-10-7/h1-4H,(H,9,10). The van der Waals surface area contributed by atoms with Gasteiger partial charge in [0.05, 0.1) is 17.9 Å². The Morgan fingerprint density at radius 1 is 1.36 bits per heavy atom. The van der Waals surface area contributed by atoms with E-state index in [-0.39, 0.29) is 0 Å². The lowest BCUT2D eigenvalue weighted by Gasteiger charge is -1.89. The minimum atomic E-state index is 0.566. The molecule has 54 valence electrons. The zero-order valence-corrected chi connectivity index (χ0v) is 5.61. The first kappa shape index (κ1) is 6.03. The zero-order chi connectivity index (χ0) is 7.68. The van der Waals surface area contributed by atoms with E-state index in [1.165, 1.54) is 6.20 Å². The predicted molar refractivity (Wildman–Crippen MR) is 39.3 cm³/mol. The van der Waals surface area contributed by atoms with Crippen molar-refractivity contribution in [3.05, 3.63) is 24.2 Å². The van der Waals surface area contributed by atoms with E-state index < -0.39 is 0 Å². The fourth-order valence-electron chi connectivity index (χ4n) is 0.980. The Morgan fingerprint density at radius 3 is 3.09 bits per heavy atom. The number of aldehydes is 1. The van der Waals surface area contributed by atoms with Crippen molar-refractivity contribution >= 4 is 17.2 Å². The molecule has 2 rings (SSSR count). The molecule has 0 aliphatic rings. The Labute approximate surface area is 62.3 Å². The van der Waals surface area contributed by atoms with Crippen molar-refractivity contribution in [2.45, 2.75) is 0 Å². The topological polar surface area (TPSA) is 58.6 Å². The van der Waals surface area contributed by atoms with E-state index in [1.807, 2.05) is 0 Å². The first-order valence-corrected chi connectivity index (χ1v) is 3.14. The molecule has 1 N–H and O–H groups in total. The van der Waals surface area contributed by atoms with Crippen molar-refractivity contribution in [2.75, 3.05) is 0 Å². The highest BCUT2D eigenvalue weighted by molar-refractivity contribution is 5.95. The molecule has 4 heteroatoms. The normalized spacial score (nSPS) is 10.2. The second kappa shape index (κ2) is 2.16. The molecule has 11 heavy (non-hydrogen) atoms. The van der Waals surface area contributed by atoms with Crippen LogP contribution in [0.5, 0.6) is 0 Å². The molecule has 0 spiro atoms. The smallest absolute Gasteiger partial charge is 0.152 e.